The summed E-state index contributed by atoms with van der Waals surface area (Å²) in [6.07, 6.45) is -2.25. The topological polar surface area (TPSA) is 101 Å². The predicted octanol–water partition coefficient (Wildman–Crippen LogP) is 4.94. The molecule has 0 aliphatic carbocycles. The Morgan fingerprint density at radius 3 is 2.36 bits per heavy atom. The van der Waals surface area contributed by atoms with Gasteiger partial charge < -0.3 is 0 Å². The van der Waals surface area contributed by atoms with Crippen LogP contribution in [-0.4, -0.2) is 35.2 Å². The molecule has 0 fully saturated rings. The lowest BCUT2D eigenvalue weighted by Crippen LogP contribution is -2.42. The second-order valence-corrected chi connectivity index (χ2v) is 9.96. The molecule has 0 saturated heterocycles. The molecule has 0 unspecified atom stereocenters. The minimum absolute atomic E-state index is 0.0817. The van der Waals surface area contributed by atoms with Crippen LogP contribution < -0.4 is 4.72 Å². The molecule has 1 atom stereocenters. The average molecular weight is 518 g/mol. The lowest BCUT2D eigenvalue weighted by atomic mass is 10.1. The number of halogens is 4. The molecule has 186 valence electrons. The molecule has 0 bridgehead atoms. The number of rotatable bonds is 5. The lowest BCUT2D eigenvalue weighted by Gasteiger charge is -2.17. The molecule has 0 aliphatic heterocycles. The number of nitrogens with one attached hydrogen (secondary N) is 1. The largest absolute Gasteiger partial charge is 0.404 e. The number of sulfonamides is 1. The van der Waals surface area contributed by atoms with E-state index in [1.54, 1.807) is 40.6 Å². The Balaban J connectivity index is 1.91. The van der Waals surface area contributed by atoms with Crippen LogP contribution in [0.4, 0.5) is 17.6 Å². The first-order chi connectivity index (χ1) is 16.8. The van der Waals surface area contributed by atoms with E-state index in [9.17, 15) is 31.2 Å². The van der Waals surface area contributed by atoms with E-state index in [4.69, 9.17) is 0 Å². The molecule has 12 heteroatoms. The van der Waals surface area contributed by atoms with Gasteiger partial charge in [0.1, 0.15) is 28.6 Å². The van der Waals surface area contributed by atoms with Gasteiger partial charge in [-0.05, 0) is 62.2 Å². The van der Waals surface area contributed by atoms with Crippen LogP contribution in [0.5, 0.6) is 0 Å². The zero-order chi connectivity index (χ0) is 26.4. The molecule has 0 saturated carbocycles. The monoisotopic (exact) mass is 517 g/mol. The molecule has 0 amide bonds. The Labute approximate surface area is 204 Å². The van der Waals surface area contributed by atoms with Crippen molar-refractivity contribution < 1.29 is 26.0 Å². The number of fused-ring (bicyclic) bond motifs is 1. The van der Waals surface area contributed by atoms with Crippen LogP contribution in [0.2, 0.25) is 0 Å². The Kier molecular flexibility index (Phi) is 6.32. The molecule has 1 aromatic carbocycles. The normalized spacial score (nSPS) is 13.1. The summed E-state index contributed by atoms with van der Waals surface area (Å²) in [6.45, 7) is 4.11. The van der Waals surface area contributed by atoms with Crippen molar-refractivity contribution in [1.29, 1.82) is 5.26 Å². The standard InChI is InChI=1S/C24H19F4N5O2S/c1-13-4-7-22(31-11-13)33-21-8-14(2)19(25)9-17(21)18(10-29)23(33)20-6-5-16(12-30-20)36(34,35)32-15(3)24(26,27)28/h4-9,11-12,15,32H,1-3H3/t15-/m0/s1. The summed E-state index contributed by atoms with van der Waals surface area (Å²) in [5, 5.41) is 10.3. The van der Waals surface area contributed by atoms with Crippen LogP contribution in [0.3, 0.4) is 0 Å². The first-order valence-electron chi connectivity index (χ1n) is 10.6. The van der Waals surface area contributed by atoms with Gasteiger partial charge in [0.15, 0.2) is 0 Å². The maximum atomic E-state index is 14.4. The third-order valence-electron chi connectivity index (χ3n) is 5.60. The molecular formula is C24H19F4N5O2S. The third kappa shape index (κ3) is 4.55. The van der Waals surface area contributed by atoms with E-state index in [0.29, 0.717) is 29.2 Å². The Morgan fingerprint density at radius 2 is 1.81 bits per heavy atom. The van der Waals surface area contributed by atoms with Gasteiger partial charge in [0.05, 0.1) is 22.5 Å². The smallest absolute Gasteiger partial charge is 0.291 e. The molecule has 3 aromatic heterocycles. The summed E-state index contributed by atoms with van der Waals surface area (Å²) in [5.74, 6) is -0.105. The number of aryl methyl sites for hydroxylation is 2. The number of hydrogen-bond donors (Lipinski definition) is 1. The Morgan fingerprint density at radius 1 is 1.08 bits per heavy atom. The summed E-state index contributed by atoms with van der Waals surface area (Å²) in [4.78, 5) is 8.07. The highest BCUT2D eigenvalue weighted by molar-refractivity contribution is 7.89. The summed E-state index contributed by atoms with van der Waals surface area (Å²) in [6, 6.07) is 8.43. The summed E-state index contributed by atoms with van der Waals surface area (Å²) in [5.41, 5.74) is 2.16. The molecule has 0 aliphatic rings. The molecular weight excluding hydrogens is 498 g/mol. The number of hydrogen-bond acceptors (Lipinski definition) is 5. The molecule has 0 radical (unpaired) electrons. The third-order valence-corrected chi connectivity index (χ3v) is 7.12. The van der Waals surface area contributed by atoms with Crippen molar-refractivity contribution in [2.45, 2.75) is 37.9 Å². The molecule has 1 N–H and O–H groups in total. The van der Waals surface area contributed by atoms with Gasteiger partial charge in [-0.25, -0.2) is 17.8 Å². The first-order valence-corrected chi connectivity index (χ1v) is 12.0. The predicted molar refractivity (Wildman–Crippen MR) is 124 cm³/mol. The summed E-state index contributed by atoms with van der Waals surface area (Å²) in [7, 11) is -4.53. The molecule has 3 heterocycles. The number of nitrogens with zero attached hydrogens (tertiary/aromatic N) is 4. The van der Waals surface area contributed by atoms with Crippen molar-refractivity contribution in [1.82, 2.24) is 19.3 Å². The van der Waals surface area contributed by atoms with E-state index < -0.39 is 33.0 Å². The highest BCUT2D eigenvalue weighted by Crippen LogP contribution is 2.36. The Hall–Kier alpha value is -3.82. The number of nitriles is 1. The van der Waals surface area contributed by atoms with Crippen molar-refractivity contribution in [3.8, 4) is 23.3 Å². The first kappa shape index (κ1) is 25.3. The fraction of sp³-hybridized carbons (Fsp3) is 0.208. The zero-order valence-corrected chi connectivity index (χ0v) is 20.0. The van der Waals surface area contributed by atoms with E-state index in [2.05, 4.69) is 16.0 Å². The van der Waals surface area contributed by atoms with Crippen LogP contribution in [-0.2, 0) is 10.0 Å². The van der Waals surface area contributed by atoms with Crippen molar-refractivity contribution in [3.05, 3.63) is 71.3 Å². The zero-order valence-electron chi connectivity index (χ0n) is 19.2. The van der Waals surface area contributed by atoms with Gasteiger partial charge in [-0.3, -0.25) is 9.55 Å². The van der Waals surface area contributed by atoms with E-state index in [1.165, 1.54) is 12.1 Å². The van der Waals surface area contributed by atoms with Gasteiger partial charge in [-0.1, -0.05) is 6.07 Å². The fourth-order valence-corrected chi connectivity index (χ4v) is 4.82. The van der Waals surface area contributed by atoms with Crippen LogP contribution in [0.25, 0.3) is 28.1 Å². The highest BCUT2D eigenvalue weighted by atomic mass is 32.2. The van der Waals surface area contributed by atoms with E-state index in [-0.39, 0.29) is 17.0 Å². The van der Waals surface area contributed by atoms with Gasteiger partial charge in [0.25, 0.3) is 0 Å². The van der Waals surface area contributed by atoms with Gasteiger partial charge >= 0.3 is 6.18 Å². The SMILES string of the molecule is Cc1ccc(-n2c(-c3ccc(S(=O)(=O)N[C@@H](C)C(F)(F)F)cn3)c(C#N)c3cc(F)c(C)cc32)nc1. The minimum Gasteiger partial charge on any atom is -0.291 e. The number of benzene rings is 1. The number of pyridine rings is 2. The maximum Gasteiger partial charge on any atom is 0.404 e. The number of alkyl halides is 3. The van der Waals surface area contributed by atoms with Crippen molar-refractivity contribution >= 4 is 20.9 Å². The van der Waals surface area contributed by atoms with E-state index in [0.717, 1.165) is 17.8 Å². The van der Waals surface area contributed by atoms with Gasteiger partial charge in [-0.2, -0.15) is 23.2 Å². The minimum atomic E-state index is -4.77. The van der Waals surface area contributed by atoms with Crippen molar-refractivity contribution in [2.24, 2.45) is 0 Å². The highest BCUT2D eigenvalue weighted by Gasteiger charge is 2.39. The average Bonchev–Trinajstić information content (AvgIpc) is 3.12. The molecule has 7 nitrogen and oxygen atoms in total. The van der Waals surface area contributed by atoms with Gasteiger partial charge in [0, 0.05) is 17.8 Å². The maximum absolute atomic E-state index is 14.4. The quantitative estimate of drug-likeness (QED) is 0.378. The van der Waals surface area contributed by atoms with Gasteiger partial charge in [0.2, 0.25) is 10.0 Å². The summed E-state index contributed by atoms with van der Waals surface area (Å²) < 4.78 is 81.0. The molecule has 36 heavy (non-hydrogen) atoms. The van der Waals surface area contributed by atoms with E-state index in [1.807, 2.05) is 6.92 Å². The molecule has 0 spiro atoms. The lowest BCUT2D eigenvalue weighted by molar-refractivity contribution is -0.147. The van der Waals surface area contributed by atoms with Crippen LogP contribution >= 0.6 is 0 Å². The second-order valence-electron chi connectivity index (χ2n) is 8.25. The van der Waals surface area contributed by atoms with Crippen molar-refractivity contribution in [3.63, 3.8) is 0 Å². The molecule has 4 rings (SSSR count). The molecule has 4 aromatic rings. The van der Waals surface area contributed by atoms with Crippen LogP contribution in [0, 0.1) is 31.0 Å². The summed E-state index contributed by atoms with van der Waals surface area (Å²) >= 11 is 0. The van der Waals surface area contributed by atoms with Gasteiger partial charge in [-0.15, -0.1) is 0 Å². The van der Waals surface area contributed by atoms with Crippen LogP contribution in [0.15, 0.2) is 53.7 Å². The Bertz CT molecular complexity index is 1600. The second kappa shape index (κ2) is 9.00. The number of aromatic nitrogens is 3. The fourth-order valence-electron chi connectivity index (χ4n) is 3.64. The van der Waals surface area contributed by atoms with Crippen LogP contribution in [0.1, 0.15) is 23.6 Å². The van der Waals surface area contributed by atoms with Crippen molar-refractivity contribution in [2.75, 3.05) is 0 Å². The van der Waals surface area contributed by atoms with E-state index >= 15 is 0 Å².